The predicted octanol–water partition coefficient (Wildman–Crippen LogP) is 2.62. The van der Waals surface area contributed by atoms with Gasteiger partial charge in [-0.05, 0) is 55.1 Å². The summed E-state index contributed by atoms with van der Waals surface area (Å²) in [4.78, 5) is 12.2. The average Bonchev–Trinajstić information content (AvgIpc) is 2.79. The van der Waals surface area contributed by atoms with Crippen molar-refractivity contribution in [2.45, 2.75) is 19.3 Å². The van der Waals surface area contributed by atoms with Gasteiger partial charge in [0, 0.05) is 17.7 Å². The fourth-order valence-electron chi connectivity index (χ4n) is 4.48. The highest BCUT2D eigenvalue weighted by molar-refractivity contribution is 5.95. The Morgan fingerprint density at radius 2 is 1.94 bits per heavy atom. The van der Waals surface area contributed by atoms with Gasteiger partial charge in [-0.25, -0.2) is 0 Å². The summed E-state index contributed by atoms with van der Waals surface area (Å²) in [5, 5.41) is 12.3. The van der Waals surface area contributed by atoms with Gasteiger partial charge in [-0.1, -0.05) is 6.07 Å². The Morgan fingerprint density at radius 1 is 1.22 bits per heavy atom. The Kier molecular flexibility index (Phi) is 2.02. The molecule has 0 heterocycles. The van der Waals surface area contributed by atoms with Crippen LogP contribution in [0.3, 0.4) is 0 Å². The molecule has 3 fully saturated rings. The number of carbonyl (C=O) groups is 1. The quantitative estimate of drug-likeness (QED) is 0.839. The molecule has 0 radical (unpaired) electrons. The molecule has 0 saturated heterocycles. The van der Waals surface area contributed by atoms with E-state index in [4.69, 9.17) is 0 Å². The maximum absolute atomic E-state index is 12.2. The molecule has 1 amide bonds. The molecule has 3 heteroatoms. The standard InChI is InChI=1S/C15H17NO2/c17-11-3-1-2-10(7-11)16-15(18)14-12-8-4-5-9(6-8)13(12)14/h1-3,7-9,12-14,17H,4-6H2,(H,16,18). The van der Waals surface area contributed by atoms with Gasteiger partial charge in [0.2, 0.25) is 5.91 Å². The molecule has 4 unspecified atom stereocenters. The normalized spacial score (nSPS) is 39.4. The number of carbonyl (C=O) groups excluding carboxylic acids is 1. The molecule has 4 atom stereocenters. The van der Waals surface area contributed by atoms with Crippen LogP contribution in [0.25, 0.3) is 0 Å². The lowest BCUT2D eigenvalue weighted by atomic mass is 10.0. The zero-order valence-corrected chi connectivity index (χ0v) is 10.2. The molecular formula is C15H17NO2. The van der Waals surface area contributed by atoms with Crippen molar-refractivity contribution in [3.8, 4) is 5.75 Å². The predicted molar refractivity (Wildman–Crippen MR) is 68.0 cm³/mol. The Hall–Kier alpha value is -1.51. The monoisotopic (exact) mass is 243 g/mol. The van der Waals surface area contributed by atoms with E-state index in [0.29, 0.717) is 17.5 Å². The van der Waals surface area contributed by atoms with Crippen molar-refractivity contribution in [1.82, 2.24) is 0 Å². The van der Waals surface area contributed by atoms with Crippen LogP contribution in [0.15, 0.2) is 24.3 Å². The number of anilines is 1. The number of hydrogen-bond donors (Lipinski definition) is 2. The Labute approximate surface area is 106 Å². The molecule has 4 rings (SSSR count). The summed E-state index contributed by atoms with van der Waals surface area (Å²) in [6, 6.07) is 6.79. The zero-order chi connectivity index (χ0) is 12.3. The van der Waals surface area contributed by atoms with Crippen LogP contribution in [0.2, 0.25) is 0 Å². The summed E-state index contributed by atoms with van der Waals surface area (Å²) in [6.07, 6.45) is 4.04. The second-order valence-electron chi connectivity index (χ2n) is 6.05. The first kappa shape index (κ1) is 10.4. The molecule has 1 aromatic carbocycles. The first-order valence-corrected chi connectivity index (χ1v) is 6.84. The van der Waals surface area contributed by atoms with Crippen LogP contribution in [0.1, 0.15) is 19.3 Å². The first-order valence-electron chi connectivity index (χ1n) is 6.84. The molecule has 0 aliphatic heterocycles. The lowest BCUT2D eigenvalue weighted by Crippen LogP contribution is -2.18. The molecular weight excluding hydrogens is 226 g/mol. The number of amides is 1. The molecule has 3 aliphatic carbocycles. The molecule has 94 valence electrons. The van der Waals surface area contributed by atoms with Crippen molar-refractivity contribution in [2.24, 2.45) is 29.6 Å². The second-order valence-corrected chi connectivity index (χ2v) is 6.05. The maximum Gasteiger partial charge on any atom is 0.228 e. The van der Waals surface area contributed by atoms with Crippen molar-refractivity contribution in [3.63, 3.8) is 0 Å². The van der Waals surface area contributed by atoms with E-state index in [0.717, 1.165) is 11.8 Å². The first-order chi connectivity index (χ1) is 8.74. The lowest BCUT2D eigenvalue weighted by Gasteiger charge is -2.09. The summed E-state index contributed by atoms with van der Waals surface area (Å²) in [5.74, 6) is 3.58. The Bertz CT molecular complexity index is 497. The van der Waals surface area contributed by atoms with Crippen LogP contribution in [0.5, 0.6) is 5.75 Å². The van der Waals surface area contributed by atoms with Gasteiger partial charge in [0.25, 0.3) is 0 Å². The third-order valence-corrected chi connectivity index (χ3v) is 5.15. The largest absolute Gasteiger partial charge is 0.508 e. The van der Waals surface area contributed by atoms with E-state index in [1.54, 1.807) is 18.2 Å². The van der Waals surface area contributed by atoms with Gasteiger partial charge >= 0.3 is 0 Å². The third kappa shape index (κ3) is 1.39. The van der Waals surface area contributed by atoms with Gasteiger partial charge in [0.1, 0.15) is 5.75 Å². The molecule has 2 bridgehead atoms. The summed E-state index contributed by atoms with van der Waals surface area (Å²) in [6.45, 7) is 0. The second kappa shape index (κ2) is 3.50. The zero-order valence-electron chi connectivity index (χ0n) is 10.2. The van der Waals surface area contributed by atoms with Crippen molar-refractivity contribution < 1.29 is 9.90 Å². The van der Waals surface area contributed by atoms with E-state index in [2.05, 4.69) is 5.32 Å². The highest BCUT2D eigenvalue weighted by Gasteiger charge is 2.67. The van der Waals surface area contributed by atoms with E-state index < -0.39 is 0 Å². The third-order valence-electron chi connectivity index (χ3n) is 5.15. The van der Waals surface area contributed by atoms with E-state index in [1.807, 2.05) is 6.07 Å². The number of phenolic OH excluding ortho intramolecular Hbond substituents is 1. The van der Waals surface area contributed by atoms with Gasteiger partial charge < -0.3 is 10.4 Å². The molecule has 3 saturated carbocycles. The highest BCUT2D eigenvalue weighted by atomic mass is 16.3. The Morgan fingerprint density at radius 3 is 2.61 bits per heavy atom. The van der Waals surface area contributed by atoms with E-state index in [9.17, 15) is 9.90 Å². The van der Waals surface area contributed by atoms with Gasteiger partial charge in [-0.3, -0.25) is 4.79 Å². The summed E-state index contributed by atoms with van der Waals surface area (Å²) in [5.41, 5.74) is 0.706. The molecule has 3 aliphatic rings. The Balaban J connectivity index is 1.47. The summed E-state index contributed by atoms with van der Waals surface area (Å²) in [7, 11) is 0. The van der Waals surface area contributed by atoms with Crippen LogP contribution in [-0.4, -0.2) is 11.0 Å². The van der Waals surface area contributed by atoms with Crippen LogP contribution >= 0.6 is 0 Å². The summed E-state index contributed by atoms with van der Waals surface area (Å²) >= 11 is 0. The average molecular weight is 243 g/mol. The minimum absolute atomic E-state index is 0.159. The van der Waals surface area contributed by atoms with Gasteiger partial charge in [0.15, 0.2) is 0 Å². The van der Waals surface area contributed by atoms with Gasteiger partial charge in [0.05, 0.1) is 0 Å². The van der Waals surface area contributed by atoms with E-state index in [1.165, 1.54) is 19.3 Å². The van der Waals surface area contributed by atoms with Gasteiger partial charge in [-0.15, -0.1) is 0 Å². The van der Waals surface area contributed by atoms with Crippen LogP contribution in [0.4, 0.5) is 5.69 Å². The summed E-state index contributed by atoms with van der Waals surface area (Å²) < 4.78 is 0. The highest BCUT2D eigenvalue weighted by Crippen LogP contribution is 2.69. The van der Waals surface area contributed by atoms with Crippen LogP contribution in [0, 0.1) is 29.6 Å². The molecule has 0 spiro atoms. The van der Waals surface area contributed by atoms with E-state index >= 15 is 0 Å². The van der Waals surface area contributed by atoms with Crippen molar-refractivity contribution in [2.75, 3.05) is 5.32 Å². The topological polar surface area (TPSA) is 49.3 Å². The number of nitrogens with one attached hydrogen (secondary N) is 1. The number of phenols is 1. The number of rotatable bonds is 2. The number of benzene rings is 1. The minimum atomic E-state index is 0.159. The van der Waals surface area contributed by atoms with Crippen LogP contribution in [-0.2, 0) is 4.79 Å². The number of hydrogen-bond acceptors (Lipinski definition) is 2. The lowest BCUT2D eigenvalue weighted by molar-refractivity contribution is -0.118. The fourth-order valence-corrected chi connectivity index (χ4v) is 4.48. The van der Waals surface area contributed by atoms with Crippen LogP contribution < -0.4 is 5.32 Å². The molecule has 1 aromatic rings. The maximum atomic E-state index is 12.2. The number of aromatic hydroxyl groups is 1. The van der Waals surface area contributed by atoms with Crippen molar-refractivity contribution >= 4 is 11.6 Å². The van der Waals surface area contributed by atoms with Crippen molar-refractivity contribution in [3.05, 3.63) is 24.3 Å². The fraction of sp³-hybridized carbons (Fsp3) is 0.533. The molecule has 18 heavy (non-hydrogen) atoms. The molecule has 2 N–H and O–H groups in total. The molecule has 0 aromatic heterocycles. The SMILES string of the molecule is O=C(Nc1cccc(O)c1)C1C2C3CCC(C3)C12. The number of fused-ring (bicyclic) bond motifs is 5. The minimum Gasteiger partial charge on any atom is -0.508 e. The smallest absolute Gasteiger partial charge is 0.228 e. The van der Waals surface area contributed by atoms with Crippen molar-refractivity contribution in [1.29, 1.82) is 0 Å². The molecule has 3 nitrogen and oxygen atoms in total. The van der Waals surface area contributed by atoms with Gasteiger partial charge in [-0.2, -0.15) is 0 Å². The van der Waals surface area contributed by atoms with E-state index in [-0.39, 0.29) is 17.6 Å².